The molecule has 0 aromatic heterocycles. The number of carbonyl (C=O) groups excluding carboxylic acids is 2. The summed E-state index contributed by atoms with van der Waals surface area (Å²) in [7, 11) is 0. The molecule has 0 unspecified atom stereocenters. The summed E-state index contributed by atoms with van der Waals surface area (Å²) in [5.74, 6) is 0.0823. The maximum absolute atomic E-state index is 12.2. The molecule has 0 amide bonds. The summed E-state index contributed by atoms with van der Waals surface area (Å²) in [6, 6.07) is 20.6. The average molecular weight is 439 g/mol. The van der Waals surface area contributed by atoms with Gasteiger partial charge in [0.25, 0.3) is 0 Å². The van der Waals surface area contributed by atoms with Gasteiger partial charge < -0.3 is 15.3 Å². The number of anilines is 1. The van der Waals surface area contributed by atoms with E-state index in [1.807, 2.05) is 48.5 Å². The summed E-state index contributed by atoms with van der Waals surface area (Å²) >= 11 is 5.97. The lowest BCUT2D eigenvalue weighted by Crippen LogP contribution is -2.35. The molecule has 7 heteroatoms. The van der Waals surface area contributed by atoms with Crippen molar-refractivity contribution < 1.29 is 19.2 Å². The topological polar surface area (TPSA) is 90.7 Å². The summed E-state index contributed by atoms with van der Waals surface area (Å²) in [6.45, 7) is 1.89. The summed E-state index contributed by atoms with van der Waals surface area (Å²) in [5.41, 5.74) is 11.5. The van der Waals surface area contributed by atoms with Crippen LogP contribution in [0, 0.1) is 0 Å². The van der Waals surface area contributed by atoms with Gasteiger partial charge >= 0.3 is 5.97 Å². The molecule has 6 nitrogen and oxygen atoms in total. The molecule has 3 aromatic carbocycles. The summed E-state index contributed by atoms with van der Waals surface area (Å²) < 4.78 is 5.75. The fourth-order valence-electron chi connectivity index (χ4n) is 2.81. The molecule has 0 radical (unpaired) electrons. The standard InChI is InChI=1S/C24H23ClN2O4/c1-16(28)19-7-9-21(10-8-19)27-31-24(29)23(26)14-17-5-11-22(12-6-17)30-15-18-3-2-4-20(25)13-18/h2-13,23,27H,14-15,26H2,1H3/t23-/m0/s1. The van der Waals surface area contributed by atoms with Crippen molar-refractivity contribution in [3.63, 3.8) is 0 Å². The van der Waals surface area contributed by atoms with E-state index < -0.39 is 12.0 Å². The summed E-state index contributed by atoms with van der Waals surface area (Å²) in [4.78, 5) is 28.5. The van der Waals surface area contributed by atoms with Crippen molar-refractivity contribution >= 4 is 29.0 Å². The van der Waals surface area contributed by atoms with Crippen LogP contribution < -0.4 is 16.0 Å². The van der Waals surface area contributed by atoms with E-state index >= 15 is 0 Å². The molecule has 31 heavy (non-hydrogen) atoms. The first-order valence-corrected chi connectivity index (χ1v) is 10.1. The molecular weight excluding hydrogens is 416 g/mol. The number of nitrogens with two attached hydrogens (primary N) is 1. The Hall–Kier alpha value is -3.35. The van der Waals surface area contributed by atoms with Crippen LogP contribution in [0.25, 0.3) is 0 Å². The van der Waals surface area contributed by atoms with Gasteiger partial charge in [-0.05, 0) is 73.0 Å². The van der Waals surface area contributed by atoms with Crippen LogP contribution in [-0.2, 0) is 22.7 Å². The maximum Gasteiger partial charge on any atom is 0.348 e. The average Bonchev–Trinajstić information content (AvgIpc) is 2.77. The molecule has 0 aliphatic rings. The molecule has 0 bridgehead atoms. The van der Waals surface area contributed by atoms with Crippen molar-refractivity contribution in [1.29, 1.82) is 0 Å². The van der Waals surface area contributed by atoms with Crippen LogP contribution in [0.2, 0.25) is 5.02 Å². The lowest BCUT2D eigenvalue weighted by molar-refractivity contribution is -0.142. The molecule has 0 fully saturated rings. The van der Waals surface area contributed by atoms with Crippen molar-refractivity contribution in [2.24, 2.45) is 5.73 Å². The van der Waals surface area contributed by atoms with Crippen LogP contribution in [0.4, 0.5) is 5.69 Å². The number of Topliss-reactive ketones (excluding diaryl/α,β-unsaturated/α-hetero) is 1. The van der Waals surface area contributed by atoms with Crippen molar-refractivity contribution in [3.05, 3.63) is 94.5 Å². The van der Waals surface area contributed by atoms with Gasteiger partial charge in [0.05, 0.1) is 5.69 Å². The first kappa shape index (κ1) is 22.3. The van der Waals surface area contributed by atoms with Crippen LogP contribution in [0.5, 0.6) is 5.75 Å². The first-order valence-electron chi connectivity index (χ1n) is 9.70. The highest BCUT2D eigenvalue weighted by atomic mass is 35.5. The second-order valence-corrected chi connectivity index (χ2v) is 7.47. The molecule has 3 N–H and O–H groups in total. The third-order valence-corrected chi connectivity index (χ3v) is 4.77. The zero-order chi connectivity index (χ0) is 22.2. The highest BCUT2D eigenvalue weighted by molar-refractivity contribution is 6.30. The lowest BCUT2D eigenvalue weighted by atomic mass is 10.1. The zero-order valence-corrected chi connectivity index (χ0v) is 17.8. The summed E-state index contributed by atoms with van der Waals surface area (Å²) in [5, 5.41) is 0.667. The van der Waals surface area contributed by atoms with Gasteiger partial charge in [0.2, 0.25) is 0 Å². The molecule has 0 aliphatic heterocycles. The minimum absolute atomic E-state index is 0.0357. The molecule has 0 saturated heterocycles. The number of hydrogen-bond donors (Lipinski definition) is 2. The van der Waals surface area contributed by atoms with Crippen molar-refractivity contribution in [1.82, 2.24) is 0 Å². The third kappa shape index (κ3) is 6.84. The van der Waals surface area contributed by atoms with E-state index in [0.717, 1.165) is 11.1 Å². The van der Waals surface area contributed by atoms with Crippen LogP contribution in [-0.4, -0.2) is 17.8 Å². The number of ketones is 1. The highest BCUT2D eigenvalue weighted by Gasteiger charge is 2.16. The van der Waals surface area contributed by atoms with Crippen LogP contribution >= 0.6 is 11.6 Å². The van der Waals surface area contributed by atoms with E-state index in [4.69, 9.17) is 26.9 Å². The second-order valence-electron chi connectivity index (χ2n) is 7.03. The van der Waals surface area contributed by atoms with Gasteiger partial charge in [-0.3, -0.25) is 4.79 Å². The molecule has 0 saturated carbocycles. The van der Waals surface area contributed by atoms with E-state index in [2.05, 4.69) is 5.48 Å². The Morgan fingerprint density at radius 2 is 1.71 bits per heavy atom. The fraction of sp³-hybridized carbons (Fsp3) is 0.167. The number of ether oxygens (including phenoxy) is 1. The molecule has 0 heterocycles. The largest absolute Gasteiger partial charge is 0.489 e. The third-order valence-electron chi connectivity index (χ3n) is 4.54. The van der Waals surface area contributed by atoms with Gasteiger partial charge in [-0.15, -0.1) is 0 Å². The Bertz CT molecular complexity index is 1040. The minimum Gasteiger partial charge on any atom is -0.489 e. The van der Waals surface area contributed by atoms with Gasteiger partial charge in [-0.2, -0.15) is 0 Å². The molecule has 3 rings (SSSR count). The van der Waals surface area contributed by atoms with E-state index in [-0.39, 0.29) is 5.78 Å². The van der Waals surface area contributed by atoms with Crippen molar-refractivity contribution in [2.45, 2.75) is 26.0 Å². The molecule has 0 aliphatic carbocycles. The minimum atomic E-state index is -0.831. The van der Waals surface area contributed by atoms with E-state index in [9.17, 15) is 9.59 Å². The SMILES string of the molecule is CC(=O)c1ccc(NOC(=O)[C@@H](N)Cc2ccc(OCc3cccc(Cl)c3)cc2)cc1. The highest BCUT2D eigenvalue weighted by Crippen LogP contribution is 2.17. The Labute approximate surface area is 185 Å². The van der Waals surface area contributed by atoms with E-state index in [1.165, 1.54) is 6.92 Å². The number of hydrogen-bond acceptors (Lipinski definition) is 6. The Kier molecular flexibility index (Phi) is 7.65. The second kappa shape index (κ2) is 10.6. The molecule has 1 atom stereocenters. The monoisotopic (exact) mass is 438 g/mol. The smallest absolute Gasteiger partial charge is 0.348 e. The number of rotatable bonds is 9. The first-order chi connectivity index (χ1) is 14.9. The number of carbonyl (C=O) groups is 2. The predicted molar refractivity (Wildman–Crippen MR) is 120 cm³/mol. The van der Waals surface area contributed by atoms with E-state index in [1.54, 1.807) is 24.3 Å². The van der Waals surface area contributed by atoms with Gasteiger partial charge in [0, 0.05) is 10.6 Å². The van der Waals surface area contributed by atoms with Gasteiger partial charge in [-0.1, -0.05) is 35.9 Å². The molecule has 0 spiro atoms. The molecule has 160 valence electrons. The zero-order valence-electron chi connectivity index (χ0n) is 17.0. The van der Waals surface area contributed by atoms with Gasteiger partial charge in [0.1, 0.15) is 18.4 Å². The van der Waals surface area contributed by atoms with Crippen molar-refractivity contribution in [2.75, 3.05) is 5.48 Å². The normalized spacial score (nSPS) is 11.5. The van der Waals surface area contributed by atoms with Crippen LogP contribution in [0.15, 0.2) is 72.8 Å². The van der Waals surface area contributed by atoms with Gasteiger partial charge in [-0.25, -0.2) is 10.3 Å². The Morgan fingerprint density at radius 1 is 1.00 bits per heavy atom. The van der Waals surface area contributed by atoms with Gasteiger partial charge in [0.15, 0.2) is 5.78 Å². The number of benzene rings is 3. The maximum atomic E-state index is 12.2. The quantitative estimate of drug-likeness (QED) is 0.376. The Morgan fingerprint density at radius 3 is 2.35 bits per heavy atom. The van der Waals surface area contributed by atoms with Crippen LogP contribution in [0.1, 0.15) is 28.4 Å². The summed E-state index contributed by atoms with van der Waals surface area (Å²) in [6.07, 6.45) is 0.318. The van der Waals surface area contributed by atoms with Crippen LogP contribution in [0.3, 0.4) is 0 Å². The molecule has 3 aromatic rings. The predicted octanol–water partition coefficient (Wildman–Crippen LogP) is 4.56. The fourth-order valence-corrected chi connectivity index (χ4v) is 3.02. The van der Waals surface area contributed by atoms with E-state index in [0.29, 0.717) is 35.1 Å². The lowest BCUT2D eigenvalue weighted by Gasteiger charge is -2.13. The molecular formula is C24H23ClN2O4. The number of nitrogens with one attached hydrogen (secondary N) is 1. The van der Waals surface area contributed by atoms with Crippen molar-refractivity contribution in [3.8, 4) is 5.75 Å². The number of halogens is 1. The Balaban J connectivity index is 1.46.